The number of hydrogen-bond acceptors (Lipinski definition) is 0. The molecule has 0 radical (unpaired) electrons. The summed E-state index contributed by atoms with van der Waals surface area (Å²) in [6.45, 7) is 2.12. The third kappa shape index (κ3) is 2.07. The molecule has 3 rings (SSSR count). The van der Waals surface area contributed by atoms with Crippen molar-refractivity contribution in [1.29, 1.82) is 0 Å². The number of benzene rings is 2. The van der Waals surface area contributed by atoms with Crippen molar-refractivity contribution >= 4 is 23.2 Å². The zero-order chi connectivity index (χ0) is 13.5. The number of fused-ring (bicyclic) bond motifs is 3. The average molecular weight is 291 g/mol. The molecule has 0 amide bonds. The van der Waals surface area contributed by atoms with Crippen molar-refractivity contribution in [2.24, 2.45) is 0 Å². The SMILES string of the molecule is CCCC(Cl)(Cl)C1c2ccccc2-c2ccccc21. The van der Waals surface area contributed by atoms with Gasteiger partial charge in [-0.15, -0.1) is 23.2 Å². The molecule has 0 heterocycles. The topological polar surface area (TPSA) is 0 Å². The largest absolute Gasteiger partial charge is 0.129 e. The van der Waals surface area contributed by atoms with Gasteiger partial charge in [-0.2, -0.15) is 0 Å². The van der Waals surface area contributed by atoms with E-state index in [2.05, 4.69) is 55.5 Å². The maximum absolute atomic E-state index is 6.66. The number of alkyl halides is 2. The van der Waals surface area contributed by atoms with Crippen LogP contribution in [0.1, 0.15) is 36.8 Å². The molecule has 0 saturated carbocycles. The maximum atomic E-state index is 6.66. The zero-order valence-corrected chi connectivity index (χ0v) is 12.4. The minimum absolute atomic E-state index is 0.0724. The molecule has 1 aliphatic carbocycles. The molecular formula is C17H16Cl2. The van der Waals surface area contributed by atoms with Crippen LogP contribution in [0.15, 0.2) is 48.5 Å². The predicted molar refractivity (Wildman–Crippen MR) is 83.1 cm³/mol. The van der Waals surface area contributed by atoms with E-state index in [0.29, 0.717) is 0 Å². The van der Waals surface area contributed by atoms with Crippen molar-refractivity contribution in [3.8, 4) is 11.1 Å². The second kappa shape index (κ2) is 4.85. The van der Waals surface area contributed by atoms with Crippen LogP contribution in [-0.4, -0.2) is 4.33 Å². The van der Waals surface area contributed by atoms with Crippen LogP contribution in [-0.2, 0) is 0 Å². The molecule has 2 aromatic rings. The smallest absolute Gasteiger partial charge is 0.101 e. The Morgan fingerprint density at radius 2 is 1.37 bits per heavy atom. The number of hydrogen-bond donors (Lipinski definition) is 0. The molecular weight excluding hydrogens is 275 g/mol. The van der Waals surface area contributed by atoms with E-state index < -0.39 is 4.33 Å². The molecule has 0 unspecified atom stereocenters. The lowest BCUT2D eigenvalue weighted by Gasteiger charge is -2.28. The van der Waals surface area contributed by atoms with Crippen molar-refractivity contribution in [1.82, 2.24) is 0 Å². The van der Waals surface area contributed by atoms with E-state index >= 15 is 0 Å². The standard InChI is InChI=1S/C17H16Cl2/c1-2-11-17(18,19)16-14-9-5-3-7-12(14)13-8-4-6-10-15(13)16/h3-10,16H,2,11H2,1H3. The van der Waals surface area contributed by atoms with Gasteiger partial charge in [0.05, 0.1) is 0 Å². The van der Waals surface area contributed by atoms with Crippen molar-refractivity contribution in [3.05, 3.63) is 59.7 Å². The van der Waals surface area contributed by atoms with Crippen LogP contribution in [0.25, 0.3) is 11.1 Å². The molecule has 0 aromatic heterocycles. The van der Waals surface area contributed by atoms with Gasteiger partial charge in [0.1, 0.15) is 4.33 Å². The molecule has 0 saturated heterocycles. The summed E-state index contributed by atoms with van der Waals surface area (Å²) in [4.78, 5) is 0. The van der Waals surface area contributed by atoms with Crippen molar-refractivity contribution in [3.63, 3.8) is 0 Å². The number of halogens is 2. The molecule has 0 spiro atoms. The lowest BCUT2D eigenvalue weighted by atomic mass is 9.90. The van der Waals surface area contributed by atoms with Crippen molar-refractivity contribution in [2.45, 2.75) is 30.0 Å². The second-order valence-electron chi connectivity index (χ2n) is 5.12. The Labute approximate surface area is 124 Å². The molecule has 0 nitrogen and oxygen atoms in total. The van der Waals surface area contributed by atoms with Crippen LogP contribution in [0.2, 0.25) is 0 Å². The van der Waals surface area contributed by atoms with E-state index in [1.807, 2.05) is 0 Å². The quantitative estimate of drug-likeness (QED) is 0.629. The van der Waals surface area contributed by atoms with E-state index in [-0.39, 0.29) is 5.92 Å². The summed E-state index contributed by atoms with van der Waals surface area (Å²) in [6.07, 6.45) is 1.78. The predicted octanol–water partition coefficient (Wildman–Crippen LogP) is 5.77. The molecule has 2 heteroatoms. The highest BCUT2D eigenvalue weighted by atomic mass is 35.5. The molecule has 0 fully saturated rings. The first kappa shape index (κ1) is 13.0. The van der Waals surface area contributed by atoms with Crippen molar-refractivity contribution in [2.75, 3.05) is 0 Å². The van der Waals surface area contributed by atoms with Crippen molar-refractivity contribution < 1.29 is 0 Å². The van der Waals surface area contributed by atoms with E-state index in [1.54, 1.807) is 0 Å². The molecule has 0 N–H and O–H groups in total. The van der Waals surface area contributed by atoms with Crippen LogP contribution in [0.4, 0.5) is 0 Å². The summed E-state index contributed by atoms with van der Waals surface area (Å²) < 4.78 is -0.739. The van der Waals surface area contributed by atoms with Gasteiger partial charge in [-0.3, -0.25) is 0 Å². The summed E-state index contributed by atoms with van der Waals surface area (Å²) >= 11 is 13.3. The Hall–Kier alpha value is -0.980. The third-order valence-electron chi connectivity index (χ3n) is 3.84. The van der Waals surface area contributed by atoms with E-state index in [9.17, 15) is 0 Å². The lowest BCUT2D eigenvalue weighted by Crippen LogP contribution is -2.23. The van der Waals surface area contributed by atoms with Gasteiger partial charge >= 0.3 is 0 Å². The van der Waals surface area contributed by atoms with Gasteiger partial charge in [0.2, 0.25) is 0 Å². The fourth-order valence-corrected chi connectivity index (χ4v) is 3.94. The molecule has 19 heavy (non-hydrogen) atoms. The van der Waals surface area contributed by atoms with Gasteiger partial charge < -0.3 is 0 Å². The van der Waals surface area contributed by atoms with Gasteiger partial charge in [0.25, 0.3) is 0 Å². The summed E-state index contributed by atoms with van der Waals surface area (Å²) in [7, 11) is 0. The Kier molecular flexibility index (Phi) is 3.32. The first-order valence-corrected chi connectivity index (χ1v) is 7.47. The minimum atomic E-state index is -0.739. The first-order chi connectivity index (χ1) is 9.15. The molecule has 98 valence electrons. The molecule has 0 atom stereocenters. The van der Waals surface area contributed by atoms with E-state index in [1.165, 1.54) is 22.3 Å². The Bertz CT molecular complexity index is 556. The van der Waals surface area contributed by atoms with Crippen LogP contribution in [0.3, 0.4) is 0 Å². The normalized spacial score (nSPS) is 14.3. The highest BCUT2D eigenvalue weighted by molar-refractivity contribution is 6.49. The minimum Gasteiger partial charge on any atom is -0.101 e. The fraction of sp³-hybridized carbons (Fsp3) is 0.294. The second-order valence-corrected chi connectivity index (χ2v) is 6.66. The van der Waals surface area contributed by atoms with Crippen LogP contribution in [0, 0.1) is 0 Å². The fourth-order valence-electron chi connectivity index (χ4n) is 3.09. The summed E-state index contributed by atoms with van der Waals surface area (Å²) in [5.41, 5.74) is 5.04. The summed E-state index contributed by atoms with van der Waals surface area (Å²) in [6, 6.07) is 16.9. The molecule has 2 aromatic carbocycles. The highest BCUT2D eigenvalue weighted by Gasteiger charge is 2.42. The van der Waals surface area contributed by atoms with E-state index in [4.69, 9.17) is 23.2 Å². The highest BCUT2D eigenvalue weighted by Crippen LogP contribution is 2.54. The molecule has 0 bridgehead atoms. The van der Waals surface area contributed by atoms with Gasteiger partial charge in [0.15, 0.2) is 0 Å². The maximum Gasteiger partial charge on any atom is 0.129 e. The van der Waals surface area contributed by atoms with E-state index in [0.717, 1.165) is 12.8 Å². The van der Waals surface area contributed by atoms with Crippen LogP contribution >= 0.6 is 23.2 Å². The van der Waals surface area contributed by atoms with Crippen LogP contribution in [0.5, 0.6) is 0 Å². The average Bonchev–Trinajstić information content (AvgIpc) is 2.74. The third-order valence-corrected chi connectivity index (χ3v) is 4.65. The van der Waals surface area contributed by atoms with Gasteiger partial charge in [-0.1, -0.05) is 61.9 Å². The monoisotopic (exact) mass is 290 g/mol. The summed E-state index contributed by atoms with van der Waals surface area (Å²) in [5.74, 6) is 0.0724. The van der Waals surface area contributed by atoms with Crippen LogP contribution < -0.4 is 0 Å². The van der Waals surface area contributed by atoms with Gasteiger partial charge in [0, 0.05) is 5.92 Å². The number of rotatable bonds is 3. The first-order valence-electron chi connectivity index (χ1n) is 6.71. The van der Waals surface area contributed by atoms with Gasteiger partial charge in [-0.05, 0) is 28.7 Å². The molecule has 1 aliphatic rings. The molecule has 0 aliphatic heterocycles. The Balaban J connectivity index is 2.20. The summed E-state index contributed by atoms with van der Waals surface area (Å²) in [5, 5.41) is 0. The Morgan fingerprint density at radius 1 is 0.895 bits per heavy atom. The Morgan fingerprint density at radius 3 is 1.84 bits per heavy atom. The lowest BCUT2D eigenvalue weighted by molar-refractivity contribution is 0.616. The zero-order valence-electron chi connectivity index (χ0n) is 10.9. The van der Waals surface area contributed by atoms with Gasteiger partial charge in [-0.25, -0.2) is 0 Å².